The molecule has 0 atom stereocenters. The summed E-state index contributed by atoms with van der Waals surface area (Å²) in [6, 6.07) is 3.30. The molecule has 6 heteroatoms. The SMILES string of the molecule is CC(C)NC(=O)CN(C)C(=O)c1cccc(F)c1F. The number of likely N-dealkylation sites (N-methyl/N-ethyl adjacent to an activating group) is 1. The fourth-order valence-corrected chi connectivity index (χ4v) is 1.53. The van der Waals surface area contributed by atoms with Crippen molar-refractivity contribution in [1.82, 2.24) is 10.2 Å². The molecule has 19 heavy (non-hydrogen) atoms. The van der Waals surface area contributed by atoms with E-state index in [2.05, 4.69) is 5.32 Å². The van der Waals surface area contributed by atoms with Gasteiger partial charge < -0.3 is 10.2 Å². The Morgan fingerprint density at radius 2 is 1.95 bits per heavy atom. The number of benzene rings is 1. The van der Waals surface area contributed by atoms with Crippen LogP contribution in [0.5, 0.6) is 0 Å². The molecule has 0 spiro atoms. The first kappa shape index (κ1) is 15.1. The maximum absolute atomic E-state index is 13.4. The van der Waals surface area contributed by atoms with E-state index in [9.17, 15) is 18.4 Å². The molecular weight excluding hydrogens is 254 g/mol. The van der Waals surface area contributed by atoms with Crippen molar-refractivity contribution in [2.24, 2.45) is 0 Å². The number of carbonyl (C=O) groups is 2. The van der Waals surface area contributed by atoms with E-state index in [1.165, 1.54) is 19.2 Å². The van der Waals surface area contributed by atoms with E-state index in [0.29, 0.717) is 0 Å². The van der Waals surface area contributed by atoms with Crippen molar-refractivity contribution >= 4 is 11.8 Å². The molecule has 0 saturated carbocycles. The van der Waals surface area contributed by atoms with Crippen LogP contribution in [0.25, 0.3) is 0 Å². The Hall–Kier alpha value is -1.98. The summed E-state index contributed by atoms with van der Waals surface area (Å²) in [5.74, 6) is -3.40. The Morgan fingerprint density at radius 3 is 2.53 bits per heavy atom. The zero-order chi connectivity index (χ0) is 14.6. The maximum Gasteiger partial charge on any atom is 0.257 e. The first-order chi connectivity index (χ1) is 8.82. The normalized spacial score (nSPS) is 10.4. The zero-order valence-corrected chi connectivity index (χ0v) is 11.0. The van der Waals surface area contributed by atoms with Crippen molar-refractivity contribution in [2.75, 3.05) is 13.6 Å². The van der Waals surface area contributed by atoms with Gasteiger partial charge in [-0.1, -0.05) is 6.07 Å². The minimum Gasteiger partial charge on any atom is -0.352 e. The monoisotopic (exact) mass is 270 g/mol. The van der Waals surface area contributed by atoms with Crippen LogP contribution in [0.2, 0.25) is 0 Å². The van der Waals surface area contributed by atoms with Gasteiger partial charge >= 0.3 is 0 Å². The Balaban J connectivity index is 2.77. The molecule has 1 rings (SSSR count). The third-order valence-electron chi connectivity index (χ3n) is 2.36. The molecule has 1 N–H and O–H groups in total. The number of hydrogen-bond donors (Lipinski definition) is 1. The van der Waals surface area contributed by atoms with Crippen LogP contribution >= 0.6 is 0 Å². The Labute approximate surface area is 110 Å². The number of halogens is 2. The van der Waals surface area contributed by atoms with E-state index < -0.39 is 17.5 Å². The van der Waals surface area contributed by atoms with Crippen molar-refractivity contribution in [3.05, 3.63) is 35.4 Å². The van der Waals surface area contributed by atoms with Gasteiger partial charge in [-0.25, -0.2) is 8.78 Å². The standard InChI is InChI=1S/C13H16F2N2O2/c1-8(2)16-11(18)7-17(3)13(19)9-5-4-6-10(14)12(9)15/h4-6,8H,7H2,1-3H3,(H,16,18). The van der Waals surface area contributed by atoms with Crippen molar-refractivity contribution in [3.8, 4) is 0 Å². The number of carbonyl (C=O) groups excluding carboxylic acids is 2. The summed E-state index contributed by atoms with van der Waals surface area (Å²) in [7, 11) is 1.35. The van der Waals surface area contributed by atoms with Crippen LogP contribution in [-0.4, -0.2) is 36.3 Å². The van der Waals surface area contributed by atoms with Gasteiger partial charge in [0.2, 0.25) is 5.91 Å². The third-order valence-corrected chi connectivity index (χ3v) is 2.36. The zero-order valence-electron chi connectivity index (χ0n) is 11.0. The van der Waals surface area contributed by atoms with Crippen molar-refractivity contribution in [2.45, 2.75) is 19.9 Å². The fourth-order valence-electron chi connectivity index (χ4n) is 1.53. The molecule has 0 aliphatic rings. The highest BCUT2D eigenvalue weighted by atomic mass is 19.2. The van der Waals surface area contributed by atoms with Crippen LogP contribution in [0.1, 0.15) is 24.2 Å². The Kier molecular flexibility index (Phi) is 4.97. The number of nitrogens with one attached hydrogen (secondary N) is 1. The van der Waals surface area contributed by atoms with E-state index >= 15 is 0 Å². The second-order valence-corrected chi connectivity index (χ2v) is 4.48. The van der Waals surface area contributed by atoms with E-state index in [4.69, 9.17) is 0 Å². The lowest BCUT2D eigenvalue weighted by Gasteiger charge is -2.18. The molecule has 0 aliphatic carbocycles. The molecule has 0 aliphatic heterocycles. The average Bonchev–Trinajstić information content (AvgIpc) is 2.30. The smallest absolute Gasteiger partial charge is 0.257 e. The molecular formula is C13H16F2N2O2. The van der Waals surface area contributed by atoms with Gasteiger partial charge in [-0.2, -0.15) is 0 Å². The van der Waals surface area contributed by atoms with Gasteiger partial charge in [-0.3, -0.25) is 9.59 Å². The van der Waals surface area contributed by atoms with Crippen molar-refractivity contribution in [3.63, 3.8) is 0 Å². The highest BCUT2D eigenvalue weighted by Crippen LogP contribution is 2.13. The maximum atomic E-state index is 13.4. The number of hydrogen-bond acceptors (Lipinski definition) is 2. The number of nitrogens with zero attached hydrogens (tertiary/aromatic N) is 1. The molecule has 0 unspecified atom stereocenters. The summed E-state index contributed by atoms with van der Waals surface area (Å²) in [6.45, 7) is 3.35. The van der Waals surface area contributed by atoms with Crippen LogP contribution in [-0.2, 0) is 4.79 Å². The fraction of sp³-hybridized carbons (Fsp3) is 0.385. The van der Waals surface area contributed by atoms with Gasteiger partial charge in [0.15, 0.2) is 11.6 Å². The third kappa shape index (κ3) is 4.01. The topological polar surface area (TPSA) is 49.4 Å². The first-order valence-corrected chi connectivity index (χ1v) is 5.81. The first-order valence-electron chi connectivity index (χ1n) is 5.81. The lowest BCUT2D eigenvalue weighted by molar-refractivity contribution is -0.122. The van der Waals surface area contributed by atoms with Gasteiger partial charge in [-0.05, 0) is 26.0 Å². The predicted octanol–water partition coefficient (Wildman–Crippen LogP) is 1.56. The van der Waals surface area contributed by atoms with Gasteiger partial charge in [-0.15, -0.1) is 0 Å². The summed E-state index contributed by atoms with van der Waals surface area (Å²) in [5, 5.41) is 2.61. The molecule has 0 saturated heterocycles. The Morgan fingerprint density at radius 1 is 1.32 bits per heavy atom. The molecule has 0 radical (unpaired) electrons. The molecule has 2 amide bonds. The second kappa shape index (κ2) is 6.26. The summed E-state index contributed by atoms with van der Waals surface area (Å²) in [6.07, 6.45) is 0. The van der Waals surface area contributed by atoms with Crippen LogP contribution in [0.4, 0.5) is 8.78 Å². The molecule has 0 fully saturated rings. The second-order valence-electron chi connectivity index (χ2n) is 4.48. The molecule has 1 aromatic carbocycles. The average molecular weight is 270 g/mol. The molecule has 0 bridgehead atoms. The molecule has 0 aromatic heterocycles. The molecule has 104 valence electrons. The summed E-state index contributed by atoms with van der Waals surface area (Å²) < 4.78 is 26.4. The van der Waals surface area contributed by atoms with Crippen LogP contribution < -0.4 is 5.32 Å². The number of rotatable bonds is 4. The largest absolute Gasteiger partial charge is 0.352 e. The van der Waals surface area contributed by atoms with Gasteiger partial charge in [0.25, 0.3) is 5.91 Å². The molecule has 0 heterocycles. The van der Waals surface area contributed by atoms with Crippen molar-refractivity contribution in [1.29, 1.82) is 0 Å². The van der Waals surface area contributed by atoms with Crippen molar-refractivity contribution < 1.29 is 18.4 Å². The van der Waals surface area contributed by atoms with Gasteiger partial charge in [0.05, 0.1) is 12.1 Å². The lowest BCUT2D eigenvalue weighted by Crippen LogP contribution is -2.41. The van der Waals surface area contributed by atoms with E-state index in [0.717, 1.165) is 11.0 Å². The molecule has 4 nitrogen and oxygen atoms in total. The van der Waals surface area contributed by atoms with Gasteiger partial charge in [0.1, 0.15) is 0 Å². The highest BCUT2D eigenvalue weighted by Gasteiger charge is 2.20. The lowest BCUT2D eigenvalue weighted by atomic mass is 10.2. The number of amides is 2. The van der Waals surface area contributed by atoms with Gasteiger partial charge in [0, 0.05) is 13.1 Å². The van der Waals surface area contributed by atoms with E-state index in [-0.39, 0.29) is 24.1 Å². The van der Waals surface area contributed by atoms with E-state index in [1.54, 1.807) is 13.8 Å². The minimum absolute atomic E-state index is 0.0538. The Bertz CT molecular complexity index is 490. The minimum atomic E-state index is -1.20. The quantitative estimate of drug-likeness (QED) is 0.902. The predicted molar refractivity (Wildman–Crippen MR) is 66.6 cm³/mol. The van der Waals surface area contributed by atoms with Crippen LogP contribution in [0, 0.1) is 11.6 Å². The van der Waals surface area contributed by atoms with Crippen LogP contribution in [0.15, 0.2) is 18.2 Å². The summed E-state index contributed by atoms with van der Waals surface area (Å²) >= 11 is 0. The van der Waals surface area contributed by atoms with E-state index in [1.807, 2.05) is 0 Å². The summed E-state index contributed by atoms with van der Waals surface area (Å²) in [4.78, 5) is 24.4. The van der Waals surface area contributed by atoms with Crippen LogP contribution in [0.3, 0.4) is 0 Å². The highest BCUT2D eigenvalue weighted by molar-refractivity contribution is 5.96. The molecule has 1 aromatic rings. The summed E-state index contributed by atoms with van der Waals surface area (Å²) in [5.41, 5.74) is -0.389.